The van der Waals surface area contributed by atoms with Crippen molar-refractivity contribution in [3.05, 3.63) is 0 Å². The molecule has 2 fully saturated rings. The standard InChI is InChI=1S/C10H18O/c1-8-4-5-9(2)6-10(8,3)11-7-9/h8H,4-7H2,1-3H3. The molecule has 0 N–H and O–H groups in total. The van der Waals surface area contributed by atoms with E-state index in [0.29, 0.717) is 5.41 Å². The van der Waals surface area contributed by atoms with Gasteiger partial charge in [0, 0.05) is 0 Å². The van der Waals surface area contributed by atoms with Crippen molar-refractivity contribution in [1.29, 1.82) is 0 Å². The molecule has 64 valence electrons. The highest BCUT2D eigenvalue weighted by atomic mass is 16.5. The summed E-state index contributed by atoms with van der Waals surface area (Å²) in [5.74, 6) is 0.762. The Kier molecular flexibility index (Phi) is 1.39. The van der Waals surface area contributed by atoms with Gasteiger partial charge < -0.3 is 4.74 Å². The zero-order valence-corrected chi connectivity index (χ0v) is 7.81. The van der Waals surface area contributed by atoms with E-state index in [1.807, 2.05) is 0 Å². The lowest BCUT2D eigenvalue weighted by Gasteiger charge is -2.37. The van der Waals surface area contributed by atoms with Crippen molar-refractivity contribution in [3.8, 4) is 0 Å². The summed E-state index contributed by atoms with van der Waals surface area (Å²) in [6, 6.07) is 0. The van der Waals surface area contributed by atoms with Crippen LogP contribution in [0.15, 0.2) is 0 Å². The van der Waals surface area contributed by atoms with E-state index in [4.69, 9.17) is 4.74 Å². The molecule has 1 saturated heterocycles. The minimum atomic E-state index is 0.215. The third-order valence-corrected chi connectivity index (χ3v) is 3.75. The first-order valence-corrected chi connectivity index (χ1v) is 4.68. The fourth-order valence-corrected chi connectivity index (χ4v) is 2.64. The van der Waals surface area contributed by atoms with E-state index in [1.54, 1.807) is 0 Å². The third kappa shape index (κ3) is 1.01. The van der Waals surface area contributed by atoms with Gasteiger partial charge in [0.1, 0.15) is 0 Å². The van der Waals surface area contributed by atoms with Crippen molar-refractivity contribution in [3.63, 3.8) is 0 Å². The van der Waals surface area contributed by atoms with Crippen molar-refractivity contribution in [2.75, 3.05) is 6.61 Å². The van der Waals surface area contributed by atoms with Gasteiger partial charge in [0.2, 0.25) is 0 Å². The van der Waals surface area contributed by atoms with Gasteiger partial charge in [-0.25, -0.2) is 0 Å². The van der Waals surface area contributed by atoms with E-state index in [-0.39, 0.29) is 5.60 Å². The van der Waals surface area contributed by atoms with Crippen molar-refractivity contribution in [2.45, 2.75) is 45.6 Å². The van der Waals surface area contributed by atoms with Gasteiger partial charge in [0.15, 0.2) is 0 Å². The Morgan fingerprint density at radius 2 is 2.09 bits per heavy atom. The lowest BCUT2D eigenvalue weighted by atomic mass is 9.68. The van der Waals surface area contributed by atoms with E-state index in [9.17, 15) is 0 Å². The average Bonchev–Trinajstić information content (AvgIpc) is 2.20. The number of fused-ring (bicyclic) bond motifs is 2. The Bertz CT molecular complexity index is 174. The van der Waals surface area contributed by atoms with Crippen LogP contribution in [0.4, 0.5) is 0 Å². The monoisotopic (exact) mass is 154 g/mol. The Morgan fingerprint density at radius 3 is 2.73 bits per heavy atom. The number of rotatable bonds is 0. The SMILES string of the molecule is CC1CCC2(C)COC1(C)C2. The predicted octanol–water partition coefficient (Wildman–Crippen LogP) is 2.60. The normalized spacial score (nSPS) is 56.5. The summed E-state index contributed by atoms with van der Waals surface area (Å²) in [6.45, 7) is 7.96. The highest BCUT2D eigenvalue weighted by Crippen LogP contribution is 2.51. The van der Waals surface area contributed by atoms with Crippen molar-refractivity contribution in [1.82, 2.24) is 0 Å². The summed E-state index contributed by atoms with van der Waals surface area (Å²) >= 11 is 0. The van der Waals surface area contributed by atoms with Crippen LogP contribution in [0.2, 0.25) is 0 Å². The largest absolute Gasteiger partial charge is 0.374 e. The fraction of sp³-hybridized carbons (Fsp3) is 1.00. The highest BCUT2D eigenvalue weighted by Gasteiger charge is 2.50. The number of ether oxygens (including phenoxy) is 1. The maximum atomic E-state index is 5.88. The minimum absolute atomic E-state index is 0.215. The molecule has 11 heavy (non-hydrogen) atoms. The lowest BCUT2D eigenvalue weighted by molar-refractivity contribution is -0.0232. The Hall–Kier alpha value is -0.0400. The van der Waals surface area contributed by atoms with Gasteiger partial charge in [-0.3, -0.25) is 0 Å². The molecule has 0 amide bonds. The van der Waals surface area contributed by atoms with Gasteiger partial charge in [-0.05, 0) is 37.5 Å². The molecule has 3 unspecified atom stereocenters. The minimum Gasteiger partial charge on any atom is -0.374 e. The van der Waals surface area contributed by atoms with E-state index in [1.165, 1.54) is 19.3 Å². The highest BCUT2D eigenvalue weighted by molar-refractivity contribution is 4.99. The molecule has 2 bridgehead atoms. The molecule has 0 spiro atoms. The van der Waals surface area contributed by atoms with Crippen LogP contribution in [-0.4, -0.2) is 12.2 Å². The van der Waals surface area contributed by atoms with Gasteiger partial charge in [0.25, 0.3) is 0 Å². The van der Waals surface area contributed by atoms with Crippen molar-refractivity contribution in [2.24, 2.45) is 11.3 Å². The summed E-state index contributed by atoms with van der Waals surface area (Å²) < 4.78 is 5.88. The zero-order chi connectivity index (χ0) is 8.11. The smallest absolute Gasteiger partial charge is 0.0686 e. The van der Waals surface area contributed by atoms with E-state index in [0.717, 1.165) is 12.5 Å². The molecule has 0 aromatic carbocycles. The molecule has 2 aliphatic rings. The van der Waals surface area contributed by atoms with Crippen LogP contribution in [0.5, 0.6) is 0 Å². The second kappa shape index (κ2) is 2.01. The molecule has 2 rings (SSSR count). The molecule has 1 aliphatic carbocycles. The Morgan fingerprint density at radius 1 is 1.36 bits per heavy atom. The van der Waals surface area contributed by atoms with Crippen LogP contribution in [0.25, 0.3) is 0 Å². The van der Waals surface area contributed by atoms with Crippen LogP contribution in [-0.2, 0) is 4.74 Å². The Balaban J connectivity index is 2.23. The van der Waals surface area contributed by atoms with Crippen LogP contribution >= 0.6 is 0 Å². The summed E-state index contributed by atoms with van der Waals surface area (Å²) in [5.41, 5.74) is 0.730. The van der Waals surface area contributed by atoms with Crippen molar-refractivity contribution < 1.29 is 4.74 Å². The fourth-order valence-electron chi connectivity index (χ4n) is 2.64. The number of hydrogen-bond acceptors (Lipinski definition) is 1. The second-order valence-electron chi connectivity index (χ2n) is 5.03. The summed E-state index contributed by atoms with van der Waals surface area (Å²) in [4.78, 5) is 0. The van der Waals surface area contributed by atoms with E-state index < -0.39 is 0 Å². The first-order chi connectivity index (χ1) is 5.04. The molecular weight excluding hydrogens is 136 g/mol. The summed E-state index contributed by atoms with van der Waals surface area (Å²) in [5, 5.41) is 0. The molecule has 0 radical (unpaired) electrons. The van der Waals surface area contributed by atoms with Gasteiger partial charge in [-0.15, -0.1) is 0 Å². The maximum absolute atomic E-state index is 5.88. The first kappa shape index (κ1) is 7.60. The third-order valence-electron chi connectivity index (χ3n) is 3.75. The molecule has 1 aliphatic heterocycles. The van der Waals surface area contributed by atoms with Crippen molar-refractivity contribution >= 4 is 0 Å². The zero-order valence-electron chi connectivity index (χ0n) is 7.81. The Labute approximate surface area is 69.1 Å². The van der Waals surface area contributed by atoms with Gasteiger partial charge in [0.05, 0.1) is 12.2 Å². The first-order valence-electron chi connectivity index (χ1n) is 4.68. The quantitative estimate of drug-likeness (QED) is 0.521. The van der Waals surface area contributed by atoms with Crippen LogP contribution in [0.3, 0.4) is 0 Å². The summed E-state index contributed by atoms with van der Waals surface area (Å²) in [7, 11) is 0. The summed E-state index contributed by atoms with van der Waals surface area (Å²) in [6.07, 6.45) is 4.00. The molecule has 1 heterocycles. The number of hydrogen-bond donors (Lipinski definition) is 0. The topological polar surface area (TPSA) is 9.23 Å². The average molecular weight is 154 g/mol. The molecule has 1 heteroatoms. The van der Waals surface area contributed by atoms with E-state index >= 15 is 0 Å². The van der Waals surface area contributed by atoms with Crippen LogP contribution in [0, 0.1) is 11.3 Å². The second-order valence-corrected chi connectivity index (χ2v) is 5.03. The van der Waals surface area contributed by atoms with Gasteiger partial charge in [-0.1, -0.05) is 13.8 Å². The molecular formula is C10H18O. The lowest BCUT2D eigenvalue weighted by Crippen LogP contribution is -2.36. The maximum Gasteiger partial charge on any atom is 0.0686 e. The van der Waals surface area contributed by atoms with Crippen LogP contribution < -0.4 is 0 Å². The molecule has 1 saturated carbocycles. The molecule has 1 nitrogen and oxygen atoms in total. The predicted molar refractivity (Wildman–Crippen MR) is 45.5 cm³/mol. The van der Waals surface area contributed by atoms with Gasteiger partial charge >= 0.3 is 0 Å². The van der Waals surface area contributed by atoms with E-state index in [2.05, 4.69) is 20.8 Å². The molecule has 0 aromatic heterocycles. The molecule has 3 atom stereocenters. The molecule has 0 aromatic rings. The van der Waals surface area contributed by atoms with Crippen LogP contribution in [0.1, 0.15) is 40.0 Å². The van der Waals surface area contributed by atoms with Gasteiger partial charge in [-0.2, -0.15) is 0 Å².